The van der Waals surface area contributed by atoms with Gasteiger partial charge in [0.15, 0.2) is 0 Å². The highest BCUT2D eigenvalue weighted by Gasteiger charge is 2.54. The van der Waals surface area contributed by atoms with Crippen molar-refractivity contribution >= 4 is 11.9 Å². The molecule has 1 atom stereocenters. The molecule has 1 aliphatic carbocycles. The lowest BCUT2D eigenvalue weighted by Crippen LogP contribution is -2.40. The Bertz CT molecular complexity index is 505. The molecule has 2 fully saturated rings. The first kappa shape index (κ1) is 12.4. The molecule has 1 aromatic heterocycles. The Morgan fingerprint density at radius 3 is 2.42 bits per heavy atom. The zero-order valence-corrected chi connectivity index (χ0v) is 11.4. The van der Waals surface area contributed by atoms with Crippen LogP contribution in [-0.4, -0.2) is 34.1 Å². The van der Waals surface area contributed by atoms with Crippen molar-refractivity contribution in [1.29, 1.82) is 0 Å². The fraction of sp³-hybridized carbons (Fsp3) is 0.643. The van der Waals surface area contributed by atoms with Crippen LogP contribution in [0.15, 0.2) is 6.07 Å². The molecule has 0 bridgehead atoms. The van der Waals surface area contributed by atoms with Crippen LogP contribution in [-0.2, 0) is 4.79 Å². The summed E-state index contributed by atoms with van der Waals surface area (Å²) in [6, 6.07) is 1.94. The second kappa shape index (κ2) is 4.18. The maximum atomic E-state index is 11.5. The molecular weight excluding hydrogens is 242 g/mol. The van der Waals surface area contributed by atoms with Crippen LogP contribution in [0.1, 0.15) is 30.7 Å². The zero-order chi connectivity index (χ0) is 13.6. The molecule has 3 rings (SSSR count). The van der Waals surface area contributed by atoms with Gasteiger partial charge in [0.1, 0.15) is 0 Å². The Hall–Kier alpha value is -1.65. The van der Waals surface area contributed by atoms with E-state index >= 15 is 0 Å². The second-order valence-corrected chi connectivity index (χ2v) is 5.94. The van der Waals surface area contributed by atoms with E-state index < -0.39 is 5.97 Å². The Labute approximate surface area is 112 Å². The lowest BCUT2D eigenvalue weighted by atomic mass is 9.63. The van der Waals surface area contributed by atoms with Gasteiger partial charge in [0.25, 0.3) is 0 Å². The molecular formula is C14H19N3O2. The molecule has 1 aromatic rings. The van der Waals surface area contributed by atoms with Crippen molar-refractivity contribution in [3.63, 3.8) is 0 Å². The van der Waals surface area contributed by atoms with Crippen LogP contribution in [0.3, 0.4) is 0 Å². The number of hydrogen-bond donors (Lipinski definition) is 1. The quantitative estimate of drug-likeness (QED) is 0.879. The van der Waals surface area contributed by atoms with Gasteiger partial charge < -0.3 is 10.0 Å². The minimum Gasteiger partial charge on any atom is -0.481 e. The van der Waals surface area contributed by atoms with Crippen molar-refractivity contribution in [2.75, 3.05) is 18.0 Å². The van der Waals surface area contributed by atoms with Crippen molar-refractivity contribution in [3.05, 3.63) is 17.5 Å². The van der Waals surface area contributed by atoms with Crippen LogP contribution in [0.5, 0.6) is 0 Å². The monoisotopic (exact) mass is 261 g/mol. The Kier molecular flexibility index (Phi) is 2.73. The fourth-order valence-corrected chi connectivity index (χ4v) is 3.45. The van der Waals surface area contributed by atoms with E-state index in [1.165, 1.54) is 0 Å². The van der Waals surface area contributed by atoms with E-state index in [1.807, 2.05) is 19.9 Å². The van der Waals surface area contributed by atoms with Gasteiger partial charge in [-0.25, -0.2) is 9.97 Å². The first-order valence-corrected chi connectivity index (χ1v) is 6.80. The number of hydrogen-bond acceptors (Lipinski definition) is 4. The summed E-state index contributed by atoms with van der Waals surface area (Å²) in [7, 11) is 0. The molecule has 0 aromatic carbocycles. The van der Waals surface area contributed by atoms with Crippen molar-refractivity contribution in [2.24, 2.45) is 11.3 Å². The average Bonchev–Trinajstić information content (AvgIpc) is 2.67. The molecule has 19 heavy (non-hydrogen) atoms. The minimum absolute atomic E-state index is 0.0349. The number of aromatic nitrogens is 2. The highest BCUT2D eigenvalue weighted by Crippen LogP contribution is 2.52. The number of carbonyl (C=O) groups is 1. The first-order chi connectivity index (χ1) is 9.00. The molecule has 1 spiro atoms. The predicted molar refractivity (Wildman–Crippen MR) is 71.1 cm³/mol. The molecule has 1 N–H and O–H groups in total. The van der Waals surface area contributed by atoms with Crippen LogP contribution in [0.2, 0.25) is 0 Å². The van der Waals surface area contributed by atoms with Crippen LogP contribution >= 0.6 is 0 Å². The van der Waals surface area contributed by atoms with Crippen molar-refractivity contribution in [2.45, 2.75) is 33.1 Å². The Morgan fingerprint density at radius 2 is 2.00 bits per heavy atom. The summed E-state index contributed by atoms with van der Waals surface area (Å²) in [6.07, 6.45) is 3.18. The van der Waals surface area contributed by atoms with Gasteiger partial charge in [-0.05, 0) is 32.8 Å². The van der Waals surface area contributed by atoms with Gasteiger partial charge in [0.05, 0.1) is 5.92 Å². The Morgan fingerprint density at radius 1 is 1.37 bits per heavy atom. The fourth-order valence-electron chi connectivity index (χ4n) is 3.45. The number of carboxylic acids is 1. The number of anilines is 1. The summed E-state index contributed by atoms with van der Waals surface area (Å²) in [5, 5.41) is 9.42. The summed E-state index contributed by atoms with van der Waals surface area (Å²) >= 11 is 0. The summed E-state index contributed by atoms with van der Waals surface area (Å²) in [5.41, 5.74) is 1.83. The highest BCUT2D eigenvalue weighted by molar-refractivity contribution is 5.73. The molecule has 102 valence electrons. The summed E-state index contributed by atoms with van der Waals surface area (Å²) in [5.74, 6) is -0.259. The first-order valence-electron chi connectivity index (χ1n) is 6.80. The maximum Gasteiger partial charge on any atom is 0.308 e. The van der Waals surface area contributed by atoms with Crippen molar-refractivity contribution < 1.29 is 9.90 Å². The van der Waals surface area contributed by atoms with Gasteiger partial charge in [0.2, 0.25) is 5.95 Å². The van der Waals surface area contributed by atoms with Gasteiger partial charge >= 0.3 is 5.97 Å². The lowest BCUT2D eigenvalue weighted by Gasteiger charge is -2.40. The standard InChI is InChI=1S/C14H19N3O2/c1-9-6-10(2)16-13(15-9)17-7-11(12(18)19)14(8-17)4-3-5-14/h6,11H,3-5,7-8H2,1-2H3,(H,18,19)/t11-/m1/s1. The molecule has 5 heteroatoms. The zero-order valence-electron chi connectivity index (χ0n) is 11.4. The normalized spacial score (nSPS) is 24.5. The lowest BCUT2D eigenvalue weighted by molar-refractivity contribution is -0.146. The molecule has 2 heterocycles. The van der Waals surface area contributed by atoms with E-state index in [0.717, 1.165) is 37.2 Å². The molecule has 5 nitrogen and oxygen atoms in total. The van der Waals surface area contributed by atoms with Gasteiger partial charge in [0, 0.05) is 29.9 Å². The second-order valence-electron chi connectivity index (χ2n) is 5.94. The van der Waals surface area contributed by atoms with Crippen molar-refractivity contribution in [3.8, 4) is 0 Å². The number of rotatable bonds is 2. The number of aryl methyl sites for hydroxylation is 2. The summed E-state index contributed by atoms with van der Waals surface area (Å²) < 4.78 is 0. The molecule has 2 aliphatic rings. The van der Waals surface area contributed by atoms with Gasteiger partial charge in [-0.2, -0.15) is 0 Å². The minimum atomic E-state index is -0.674. The topological polar surface area (TPSA) is 66.3 Å². The van der Waals surface area contributed by atoms with Crippen LogP contribution in [0, 0.1) is 25.2 Å². The summed E-state index contributed by atoms with van der Waals surface area (Å²) in [6.45, 7) is 5.22. The molecule has 0 amide bonds. The molecule has 1 aliphatic heterocycles. The van der Waals surface area contributed by atoms with Crippen LogP contribution in [0.4, 0.5) is 5.95 Å². The van der Waals surface area contributed by atoms with E-state index in [1.54, 1.807) is 0 Å². The maximum absolute atomic E-state index is 11.5. The van der Waals surface area contributed by atoms with Gasteiger partial charge in [-0.15, -0.1) is 0 Å². The third-order valence-corrected chi connectivity index (χ3v) is 4.55. The van der Waals surface area contributed by atoms with E-state index in [-0.39, 0.29) is 11.3 Å². The predicted octanol–water partition coefficient (Wildman–Crippen LogP) is 1.78. The number of aliphatic carboxylic acids is 1. The molecule has 0 radical (unpaired) electrons. The van der Waals surface area contributed by atoms with E-state index in [9.17, 15) is 9.90 Å². The molecule has 1 saturated carbocycles. The summed E-state index contributed by atoms with van der Waals surface area (Å²) in [4.78, 5) is 22.4. The van der Waals surface area contributed by atoms with Crippen LogP contribution in [0.25, 0.3) is 0 Å². The molecule has 0 unspecified atom stereocenters. The van der Waals surface area contributed by atoms with Gasteiger partial charge in [-0.3, -0.25) is 4.79 Å². The van der Waals surface area contributed by atoms with E-state index in [0.29, 0.717) is 12.5 Å². The third-order valence-electron chi connectivity index (χ3n) is 4.55. The van der Waals surface area contributed by atoms with Gasteiger partial charge in [-0.1, -0.05) is 6.42 Å². The molecule has 1 saturated heterocycles. The van der Waals surface area contributed by atoms with E-state index in [4.69, 9.17) is 0 Å². The van der Waals surface area contributed by atoms with Crippen LogP contribution < -0.4 is 4.90 Å². The number of carboxylic acid groups (broad SMARTS) is 1. The third kappa shape index (κ3) is 1.97. The largest absolute Gasteiger partial charge is 0.481 e. The average molecular weight is 261 g/mol. The highest BCUT2D eigenvalue weighted by atomic mass is 16.4. The van der Waals surface area contributed by atoms with E-state index in [2.05, 4.69) is 14.9 Å². The number of nitrogens with zero attached hydrogens (tertiary/aromatic N) is 3. The SMILES string of the molecule is Cc1cc(C)nc(N2C[C@H](C(=O)O)C3(CCC3)C2)n1. The Balaban J connectivity index is 1.89. The van der Waals surface area contributed by atoms with Crippen molar-refractivity contribution in [1.82, 2.24) is 9.97 Å². The smallest absolute Gasteiger partial charge is 0.308 e.